The Balaban J connectivity index is 1.77. The number of aryl methyl sites for hydroxylation is 1. The van der Waals surface area contributed by atoms with Crippen molar-refractivity contribution in [1.82, 2.24) is 21.0 Å². The number of hydrogen-bond donors (Lipinski definition) is 3. The summed E-state index contributed by atoms with van der Waals surface area (Å²) in [5.41, 5.74) is 5.57. The lowest BCUT2D eigenvalue weighted by atomic mass is 9.96. The van der Waals surface area contributed by atoms with Crippen LogP contribution in [-0.4, -0.2) is 29.6 Å². The Bertz CT molecular complexity index is 815. The van der Waals surface area contributed by atoms with Gasteiger partial charge in [-0.1, -0.05) is 56.0 Å². The van der Waals surface area contributed by atoms with Crippen LogP contribution in [0.1, 0.15) is 51.0 Å². The van der Waals surface area contributed by atoms with Gasteiger partial charge in [0.1, 0.15) is 0 Å². The molecule has 0 unspecified atom stereocenters. The van der Waals surface area contributed by atoms with E-state index < -0.39 is 6.03 Å². The molecule has 156 valence electrons. The van der Waals surface area contributed by atoms with Gasteiger partial charge in [0.25, 0.3) is 0 Å². The molecule has 1 aromatic carbocycles. The van der Waals surface area contributed by atoms with Crippen LogP contribution in [0, 0.1) is 6.92 Å². The Hall–Kier alpha value is -2.61. The van der Waals surface area contributed by atoms with Gasteiger partial charge in [0, 0.05) is 23.5 Å². The third kappa shape index (κ3) is 5.93. The summed E-state index contributed by atoms with van der Waals surface area (Å²) in [5, 5.41) is 9.34. The zero-order valence-electron chi connectivity index (χ0n) is 17.0. The van der Waals surface area contributed by atoms with Gasteiger partial charge >= 0.3 is 12.1 Å². The molecule has 0 saturated heterocycles. The van der Waals surface area contributed by atoms with Gasteiger partial charge in [-0.25, -0.2) is 20.0 Å². The van der Waals surface area contributed by atoms with Crippen LogP contribution in [0.3, 0.4) is 0 Å². The predicted octanol–water partition coefficient (Wildman–Crippen LogP) is 4.59. The molecule has 1 fully saturated rings. The average Bonchev–Trinajstić information content (AvgIpc) is 3.21. The largest absolute Gasteiger partial charge is 0.343 e. The number of carbonyl (C=O) groups excluding carboxylic acids is 2. The minimum atomic E-state index is -0.419. The number of rotatable bonds is 5. The number of benzene rings is 1. The molecule has 3 N–H and O–H groups in total. The van der Waals surface area contributed by atoms with E-state index in [1.807, 2.05) is 43.5 Å². The van der Waals surface area contributed by atoms with Crippen LogP contribution < -0.4 is 21.1 Å². The monoisotopic (exact) mass is 415 g/mol. The van der Waals surface area contributed by atoms with E-state index in [1.54, 1.807) is 0 Å². The number of nitrogens with one attached hydrogen (secondary N) is 3. The highest BCUT2D eigenvalue weighted by molar-refractivity contribution is 7.14. The van der Waals surface area contributed by atoms with Gasteiger partial charge in [-0.05, 0) is 26.2 Å². The summed E-state index contributed by atoms with van der Waals surface area (Å²) in [4.78, 5) is 29.8. The standard InChI is InChI=1S/C21H29N5O2S/c1-3-13-22-19(27)25-26(20(28)23-17-7-5-4-6-8-17)21-24-18(14-29-21)16-11-9-15(2)10-12-16/h9-12,14,17H,3-8,13H2,1-2H3,(H,23,28)(H2,22,25,27). The highest BCUT2D eigenvalue weighted by Gasteiger charge is 2.25. The first-order valence-corrected chi connectivity index (χ1v) is 11.1. The van der Waals surface area contributed by atoms with E-state index in [2.05, 4.69) is 21.0 Å². The van der Waals surface area contributed by atoms with E-state index in [4.69, 9.17) is 0 Å². The molecule has 0 aliphatic heterocycles. The Morgan fingerprint density at radius 2 is 1.90 bits per heavy atom. The van der Waals surface area contributed by atoms with Gasteiger partial charge in [-0.15, -0.1) is 11.3 Å². The Morgan fingerprint density at radius 1 is 1.17 bits per heavy atom. The zero-order chi connectivity index (χ0) is 20.6. The van der Waals surface area contributed by atoms with Gasteiger partial charge in [0.05, 0.1) is 5.69 Å². The van der Waals surface area contributed by atoms with Crippen LogP contribution in [0.5, 0.6) is 0 Å². The van der Waals surface area contributed by atoms with Gasteiger partial charge in [-0.3, -0.25) is 0 Å². The lowest BCUT2D eigenvalue weighted by Crippen LogP contribution is -2.55. The average molecular weight is 416 g/mol. The first kappa shape index (κ1) is 21.1. The topological polar surface area (TPSA) is 86.4 Å². The Morgan fingerprint density at radius 3 is 2.59 bits per heavy atom. The quantitative estimate of drug-likeness (QED) is 0.624. The molecular weight excluding hydrogens is 386 g/mol. The van der Waals surface area contributed by atoms with Crippen molar-refractivity contribution in [2.24, 2.45) is 0 Å². The molecule has 0 spiro atoms. The molecule has 2 aromatic rings. The maximum Gasteiger partial charge on any atom is 0.343 e. The zero-order valence-corrected chi connectivity index (χ0v) is 17.8. The maximum absolute atomic E-state index is 13.0. The van der Waals surface area contributed by atoms with E-state index >= 15 is 0 Å². The fraction of sp³-hybridized carbons (Fsp3) is 0.476. The summed E-state index contributed by atoms with van der Waals surface area (Å²) in [5.74, 6) is 0. The number of amides is 4. The molecular formula is C21H29N5O2S. The number of thiazole rings is 1. The van der Waals surface area contributed by atoms with Crippen LogP contribution in [0.25, 0.3) is 11.3 Å². The minimum absolute atomic E-state index is 0.135. The Kier molecular flexibility index (Phi) is 7.46. The van der Waals surface area contributed by atoms with Crippen LogP contribution >= 0.6 is 11.3 Å². The van der Waals surface area contributed by atoms with Crippen molar-refractivity contribution in [3.63, 3.8) is 0 Å². The molecule has 29 heavy (non-hydrogen) atoms. The third-order valence-electron chi connectivity index (χ3n) is 4.92. The molecule has 7 nitrogen and oxygen atoms in total. The number of aromatic nitrogens is 1. The van der Waals surface area contributed by atoms with Crippen molar-refractivity contribution in [2.45, 2.75) is 58.4 Å². The molecule has 0 bridgehead atoms. The molecule has 8 heteroatoms. The summed E-state index contributed by atoms with van der Waals surface area (Å²) >= 11 is 1.32. The Labute approximate surface area is 175 Å². The minimum Gasteiger partial charge on any atom is -0.337 e. The van der Waals surface area contributed by atoms with Crippen molar-refractivity contribution in [3.8, 4) is 11.3 Å². The third-order valence-corrected chi connectivity index (χ3v) is 5.74. The second-order valence-corrected chi connectivity index (χ2v) is 8.21. The summed E-state index contributed by atoms with van der Waals surface area (Å²) < 4.78 is 0. The van der Waals surface area contributed by atoms with Gasteiger partial charge < -0.3 is 10.6 Å². The lowest BCUT2D eigenvalue weighted by molar-refractivity contribution is 0.227. The van der Waals surface area contributed by atoms with Crippen molar-refractivity contribution >= 4 is 28.5 Å². The molecule has 1 saturated carbocycles. The summed E-state index contributed by atoms with van der Waals surface area (Å²) in [7, 11) is 0. The van der Waals surface area contributed by atoms with E-state index in [0.29, 0.717) is 11.7 Å². The number of carbonyl (C=O) groups is 2. The fourth-order valence-corrected chi connectivity index (χ4v) is 4.07. The van der Waals surface area contributed by atoms with Crippen molar-refractivity contribution < 1.29 is 9.59 Å². The van der Waals surface area contributed by atoms with E-state index in [1.165, 1.54) is 28.3 Å². The fourth-order valence-electron chi connectivity index (χ4n) is 3.28. The first-order valence-electron chi connectivity index (χ1n) is 10.2. The summed E-state index contributed by atoms with van der Waals surface area (Å²) in [6, 6.07) is 7.42. The van der Waals surface area contributed by atoms with Crippen LogP contribution in [0.4, 0.5) is 14.7 Å². The number of urea groups is 2. The van der Waals surface area contributed by atoms with Crippen LogP contribution in [0.2, 0.25) is 0 Å². The second kappa shape index (κ2) is 10.2. The number of nitrogens with zero attached hydrogens (tertiary/aromatic N) is 2. The molecule has 1 aromatic heterocycles. The van der Waals surface area contributed by atoms with Crippen LogP contribution in [0.15, 0.2) is 29.6 Å². The normalized spacial score (nSPS) is 14.3. The van der Waals surface area contributed by atoms with Gasteiger partial charge in [0.15, 0.2) is 0 Å². The smallest absolute Gasteiger partial charge is 0.337 e. The van der Waals surface area contributed by atoms with Crippen LogP contribution in [-0.2, 0) is 0 Å². The van der Waals surface area contributed by atoms with Gasteiger partial charge in [0.2, 0.25) is 5.13 Å². The molecule has 0 atom stereocenters. The van der Waals surface area contributed by atoms with E-state index in [0.717, 1.165) is 43.4 Å². The highest BCUT2D eigenvalue weighted by Crippen LogP contribution is 2.27. The summed E-state index contributed by atoms with van der Waals surface area (Å²) in [6.45, 7) is 4.55. The lowest BCUT2D eigenvalue weighted by Gasteiger charge is -2.27. The van der Waals surface area contributed by atoms with E-state index in [-0.39, 0.29) is 12.1 Å². The second-order valence-electron chi connectivity index (χ2n) is 7.37. The summed E-state index contributed by atoms with van der Waals surface area (Å²) in [6.07, 6.45) is 6.19. The number of anilines is 1. The SMILES string of the molecule is CCCNC(=O)NN(C(=O)NC1CCCCC1)c1nc(-c2ccc(C)cc2)cs1. The molecule has 1 aliphatic carbocycles. The van der Waals surface area contributed by atoms with Crippen molar-refractivity contribution in [2.75, 3.05) is 11.6 Å². The highest BCUT2D eigenvalue weighted by atomic mass is 32.1. The molecule has 4 amide bonds. The predicted molar refractivity (Wildman–Crippen MR) is 117 cm³/mol. The number of hydrogen-bond acceptors (Lipinski definition) is 4. The first-order chi connectivity index (χ1) is 14.1. The molecule has 0 radical (unpaired) electrons. The van der Waals surface area contributed by atoms with Gasteiger partial charge in [-0.2, -0.15) is 5.01 Å². The van der Waals surface area contributed by atoms with E-state index in [9.17, 15) is 9.59 Å². The van der Waals surface area contributed by atoms with Crippen molar-refractivity contribution in [1.29, 1.82) is 0 Å². The number of hydrazine groups is 1. The molecule has 1 heterocycles. The molecule has 1 aliphatic rings. The maximum atomic E-state index is 13.0. The molecule has 3 rings (SSSR count). The van der Waals surface area contributed by atoms with Crippen molar-refractivity contribution in [3.05, 3.63) is 35.2 Å².